The molecule has 0 saturated carbocycles. The number of pyridine rings is 1. The number of allylic oxidation sites excluding steroid dienone is 4. The van der Waals surface area contributed by atoms with E-state index in [1.54, 1.807) is 12.1 Å². The van der Waals surface area contributed by atoms with Crippen LogP contribution in [-0.2, 0) is 7.05 Å². The maximum atomic E-state index is 14.4. The molecule has 1 aliphatic heterocycles. The van der Waals surface area contributed by atoms with Gasteiger partial charge in [0.15, 0.2) is 5.65 Å². The van der Waals surface area contributed by atoms with Gasteiger partial charge in [0.2, 0.25) is 0 Å². The monoisotopic (exact) mass is 390 g/mol. The van der Waals surface area contributed by atoms with Crippen LogP contribution in [0.4, 0.5) is 4.39 Å². The molecule has 8 heteroatoms. The Hall–Kier alpha value is -2.25. The van der Waals surface area contributed by atoms with Crippen LogP contribution in [0.15, 0.2) is 33.6 Å². The van der Waals surface area contributed by atoms with Crippen LogP contribution in [0.25, 0.3) is 16.7 Å². The van der Waals surface area contributed by atoms with Crippen molar-refractivity contribution in [2.75, 3.05) is 13.1 Å². The minimum atomic E-state index is -0.616. The van der Waals surface area contributed by atoms with Crippen LogP contribution in [0, 0.1) is 0 Å². The molecule has 2 aromatic heterocycles. The molecular formula is C19H20ClFN4O2. The zero-order valence-corrected chi connectivity index (χ0v) is 15.7. The Morgan fingerprint density at radius 3 is 2.59 bits per heavy atom. The number of nitrogens with one attached hydrogen (secondary N) is 1. The fourth-order valence-electron chi connectivity index (χ4n) is 3.79. The minimum absolute atomic E-state index is 0.127. The SMILES string of the molecule is Cn1c(=O)c(=O)n(C2CCNCC2)c2nc(C3=CCCC=C3F)c(Cl)cc21. The van der Waals surface area contributed by atoms with Gasteiger partial charge in [0.25, 0.3) is 0 Å². The lowest BCUT2D eigenvalue weighted by Gasteiger charge is -2.26. The Morgan fingerprint density at radius 1 is 1.19 bits per heavy atom. The summed E-state index contributed by atoms with van der Waals surface area (Å²) in [6, 6.07) is 1.47. The normalized spacial score (nSPS) is 18.5. The highest BCUT2D eigenvalue weighted by Crippen LogP contribution is 2.34. The Bertz CT molecular complexity index is 1090. The third-order valence-electron chi connectivity index (χ3n) is 5.26. The average Bonchev–Trinajstić information content (AvgIpc) is 2.68. The Balaban J connectivity index is 2.02. The number of aromatic nitrogens is 3. The maximum Gasteiger partial charge on any atom is 0.318 e. The van der Waals surface area contributed by atoms with Crippen LogP contribution in [-0.4, -0.2) is 27.2 Å². The molecule has 0 spiro atoms. The number of hydrogen-bond acceptors (Lipinski definition) is 4. The number of piperidine rings is 1. The number of fused-ring (bicyclic) bond motifs is 1. The summed E-state index contributed by atoms with van der Waals surface area (Å²) in [5.74, 6) is -0.365. The summed E-state index contributed by atoms with van der Waals surface area (Å²) in [6.07, 6.45) is 6.06. The molecule has 0 bridgehead atoms. The van der Waals surface area contributed by atoms with Crippen LogP contribution in [0.3, 0.4) is 0 Å². The second-order valence-electron chi connectivity index (χ2n) is 6.93. The molecule has 0 unspecified atom stereocenters. The first-order chi connectivity index (χ1) is 13.0. The van der Waals surface area contributed by atoms with Crippen molar-refractivity contribution in [2.24, 2.45) is 7.05 Å². The van der Waals surface area contributed by atoms with E-state index in [-0.39, 0.29) is 16.9 Å². The lowest BCUT2D eigenvalue weighted by atomic mass is 10.0. The number of aryl methyl sites for hydroxylation is 1. The summed E-state index contributed by atoms with van der Waals surface area (Å²) in [7, 11) is 1.52. The Labute approximate surface area is 160 Å². The molecule has 142 valence electrons. The van der Waals surface area contributed by atoms with Gasteiger partial charge in [-0.15, -0.1) is 0 Å². The second-order valence-corrected chi connectivity index (χ2v) is 7.34. The summed E-state index contributed by atoms with van der Waals surface area (Å²) in [5, 5.41) is 3.50. The van der Waals surface area contributed by atoms with Gasteiger partial charge in [-0.05, 0) is 50.9 Å². The van der Waals surface area contributed by atoms with E-state index in [0.717, 1.165) is 25.9 Å². The lowest BCUT2D eigenvalue weighted by Crippen LogP contribution is -2.44. The fourth-order valence-corrected chi connectivity index (χ4v) is 4.04. The van der Waals surface area contributed by atoms with Crippen molar-refractivity contribution in [2.45, 2.75) is 31.7 Å². The highest BCUT2D eigenvalue weighted by atomic mass is 35.5. The van der Waals surface area contributed by atoms with Crippen molar-refractivity contribution in [3.63, 3.8) is 0 Å². The zero-order valence-electron chi connectivity index (χ0n) is 15.0. The van der Waals surface area contributed by atoms with E-state index in [2.05, 4.69) is 10.3 Å². The smallest absolute Gasteiger partial charge is 0.317 e. The molecule has 27 heavy (non-hydrogen) atoms. The van der Waals surface area contributed by atoms with Crippen molar-refractivity contribution in [1.29, 1.82) is 0 Å². The van der Waals surface area contributed by atoms with Crippen molar-refractivity contribution in [3.8, 4) is 0 Å². The molecule has 2 aromatic rings. The molecule has 1 fully saturated rings. The Kier molecular flexibility index (Phi) is 4.74. The molecular weight excluding hydrogens is 371 g/mol. The van der Waals surface area contributed by atoms with Crippen molar-refractivity contribution in [1.82, 2.24) is 19.4 Å². The van der Waals surface area contributed by atoms with E-state index in [0.29, 0.717) is 35.3 Å². The number of hydrogen-bond donors (Lipinski definition) is 1. The minimum Gasteiger partial charge on any atom is -0.317 e. The van der Waals surface area contributed by atoms with Crippen LogP contribution < -0.4 is 16.4 Å². The first-order valence-electron chi connectivity index (χ1n) is 9.08. The second kappa shape index (κ2) is 7.05. The van der Waals surface area contributed by atoms with Crippen molar-refractivity contribution >= 4 is 28.3 Å². The van der Waals surface area contributed by atoms with Gasteiger partial charge in [-0.2, -0.15) is 0 Å². The van der Waals surface area contributed by atoms with Gasteiger partial charge in [0.05, 0.1) is 16.2 Å². The first-order valence-corrected chi connectivity index (χ1v) is 9.46. The third-order valence-corrected chi connectivity index (χ3v) is 5.55. The van der Waals surface area contributed by atoms with Crippen LogP contribution in [0.5, 0.6) is 0 Å². The van der Waals surface area contributed by atoms with E-state index in [9.17, 15) is 14.0 Å². The molecule has 6 nitrogen and oxygen atoms in total. The molecule has 2 aliphatic rings. The molecule has 1 N–H and O–H groups in total. The molecule has 0 amide bonds. The molecule has 0 atom stereocenters. The molecule has 0 aromatic carbocycles. The molecule has 4 rings (SSSR count). The van der Waals surface area contributed by atoms with Gasteiger partial charge in [0.1, 0.15) is 5.83 Å². The maximum absolute atomic E-state index is 14.4. The number of rotatable bonds is 2. The molecule has 3 heterocycles. The van der Waals surface area contributed by atoms with Crippen molar-refractivity contribution < 1.29 is 4.39 Å². The van der Waals surface area contributed by atoms with E-state index >= 15 is 0 Å². The van der Waals surface area contributed by atoms with Crippen LogP contribution >= 0.6 is 11.6 Å². The predicted molar refractivity (Wildman–Crippen MR) is 104 cm³/mol. The molecule has 0 radical (unpaired) electrons. The van der Waals surface area contributed by atoms with Crippen LogP contribution in [0.1, 0.15) is 37.4 Å². The first kappa shape index (κ1) is 18.1. The van der Waals surface area contributed by atoms with Crippen LogP contribution in [0.2, 0.25) is 5.02 Å². The highest BCUT2D eigenvalue weighted by Gasteiger charge is 2.24. The number of nitrogens with zero attached hydrogens (tertiary/aromatic N) is 3. The fraction of sp³-hybridized carbons (Fsp3) is 0.421. The largest absolute Gasteiger partial charge is 0.318 e. The average molecular weight is 391 g/mol. The highest BCUT2D eigenvalue weighted by molar-refractivity contribution is 6.33. The quantitative estimate of drug-likeness (QED) is 0.800. The Morgan fingerprint density at radius 2 is 1.89 bits per heavy atom. The van der Waals surface area contributed by atoms with Gasteiger partial charge in [-0.25, -0.2) is 9.37 Å². The van der Waals surface area contributed by atoms with E-state index in [4.69, 9.17) is 11.6 Å². The zero-order chi connectivity index (χ0) is 19.1. The lowest BCUT2D eigenvalue weighted by molar-refractivity contribution is 0.365. The summed E-state index contributed by atoms with van der Waals surface area (Å²) < 4.78 is 17.1. The molecule has 1 aliphatic carbocycles. The summed E-state index contributed by atoms with van der Waals surface area (Å²) in [5.41, 5.74) is 0.255. The van der Waals surface area contributed by atoms with Gasteiger partial charge < -0.3 is 9.88 Å². The standard InChI is InChI=1S/C19H20ClFN4O2/c1-24-15-10-13(20)16(12-4-2-3-5-14(12)21)23-17(15)25(19(27)18(24)26)11-6-8-22-9-7-11/h4-5,10-11,22H,2-3,6-9H2,1H3. The molecule has 1 saturated heterocycles. The summed E-state index contributed by atoms with van der Waals surface area (Å²) in [6.45, 7) is 1.52. The summed E-state index contributed by atoms with van der Waals surface area (Å²) >= 11 is 6.39. The van der Waals surface area contributed by atoms with Crippen molar-refractivity contribution in [3.05, 3.63) is 55.5 Å². The van der Waals surface area contributed by atoms with Gasteiger partial charge in [-0.1, -0.05) is 17.7 Å². The number of halogens is 2. The van der Waals surface area contributed by atoms with Gasteiger partial charge in [-0.3, -0.25) is 14.2 Å². The van der Waals surface area contributed by atoms with E-state index < -0.39 is 11.1 Å². The topological polar surface area (TPSA) is 68.9 Å². The van der Waals surface area contributed by atoms with E-state index in [1.807, 2.05) is 0 Å². The van der Waals surface area contributed by atoms with Gasteiger partial charge in [0, 0.05) is 18.7 Å². The van der Waals surface area contributed by atoms with Gasteiger partial charge >= 0.3 is 11.1 Å². The summed E-state index contributed by atoms with van der Waals surface area (Å²) in [4.78, 5) is 29.8. The van der Waals surface area contributed by atoms with E-state index in [1.165, 1.54) is 22.3 Å². The third kappa shape index (κ3) is 3.04. The predicted octanol–water partition coefficient (Wildman–Crippen LogP) is 2.70.